The second-order valence-electron chi connectivity index (χ2n) is 5.48. The molecule has 180 valence electrons. The summed E-state index contributed by atoms with van der Waals surface area (Å²) < 4.78 is 23.9. The largest absolute Gasteiger partial charge is 0.479 e. The van der Waals surface area contributed by atoms with Crippen molar-refractivity contribution < 1.29 is 53.1 Å². The van der Waals surface area contributed by atoms with Gasteiger partial charge in [-0.05, 0) is 33.6 Å². The maximum atomic E-state index is 10.7. The molecule has 0 radical (unpaired) electrons. The monoisotopic (exact) mass is 444 g/mol. The van der Waals surface area contributed by atoms with Gasteiger partial charge in [-0.2, -0.15) is 0 Å². The average Bonchev–Trinajstić information content (AvgIpc) is 2.69. The fourth-order valence-electron chi connectivity index (χ4n) is 1.04. The highest BCUT2D eigenvalue weighted by atomic mass is 19.1. The van der Waals surface area contributed by atoms with Crippen LogP contribution >= 0.6 is 0 Å². The van der Waals surface area contributed by atoms with Gasteiger partial charge in [0, 0.05) is 6.42 Å². The summed E-state index contributed by atoms with van der Waals surface area (Å²) in [5.74, 6) is -2.63. The van der Waals surface area contributed by atoms with Crippen molar-refractivity contribution in [2.45, 2.75) is 72.5 Å². The smallest absolute Gasteiger partial charge is 0.335 e. The van der Waals surface area contributed by atoms with E-state index in [0.29, 0.717) is 19.6 Å². The second-order valence-corrected chi connectivity index (χ2v) is 5.48. The van der Waals surface area contributed by atoms with Gasteiger partial charge in [0.2, 0.25) is 0 Å². The summed E-state index contributed by atoms with van der Waals surface area (Å²) in [6, 6.07) is 0. The number of carbonyl (C=O) groups is 4. The Kier molecular flexibility index (Phi) is 31.3. The van der Waals surface area contributed by atoms with Crippen LogP contribution in [0.5, 0.6) is 0 Å². The number of carboxylic acid groups (broad SMARTS) is 1. The summed E-state index contributed by atoms with van der Waals surface area (Å²) in [5.41, 5.74) is 0. The fourth-order valence-corrected chi connectivity index (χ4v) is 1.04. The molecule has 2 unspecified atom stereocenters. The zero-order valence-corrected chi connectivity index (χ0v) is 18.7. The molecular formula is C19H37FO10. The van der Waals surface area contributed by atoms with E-state index in [1.165, 1.54) is 21.0 Å². The van der Waals surface area contributed by atoms with Gasteiger partial charge in [-0.25, -0.2) is 18.8 Å². The Balaban J connectivity index is -0.000000155. The zero-order chi connectivity index (χ0) is 24.5. The lowest BCUT2D eigenvalue weighted by atomic mass is 10.3. The molecule has 0 rings (SSSR count). The van der Waals surface area contributed by atoms with Crippen LogP contribution in [0.3, 0.4) is 0 Å². The standard InChI is InChI=1S/C8H16O2.C5H10O3.C4H8O3.C2H3FO2/c1-3-5-7-10-8(9)6-4-2;1-3-8-5(7)4(2)6;1-3(5)4(6)7-2;3-1-2(4)5/h3-7H2,1-2H3;4,6H,3H2,1-2H3;3,5H,1-2H3;1H2,(H,4,5). The zero-order valence-electron chi connectivity index (χ0n) is 18.7. The van der Waals surface area contributed by atoms with Crippen LogP contribution < -0.4 is 0 Å². The Labute approximate surface area is 177 Å². The predicted octanol–water partition coefficient (Wildman–Crippen LogP) is 1.64. The van der Waals surface area contributed by atoms with Crippen molar-refractivity contribution in [3.63, 3.8) is 0 Å². The SMILES string of the molecule is CCCCOC(=O)CCC.CCOC(=O)C(C)O.COC(=O)C(C)O.O=C(O)CF. The number of aliphatic hydroxyl groups is 2. The quantitative estimate of drug-likeness (QED) is 0.271. The first kappa shape index (κ1) is 35.2. The van der Waals surface area contributed by atoms with Crippen LogP contribution in [0.1, 0.15) is 60.3 Å². The molecule has 3 N–H and O–H groups in total. The first-order valence-electron chi connectivity index (χ1n) is 9.48. The van der Waals surface area contributed by atoms with Crippen molar-refractivity contribution in [3.8, 4) is 0 Å². The van der Waals surface area contributed by atoms with Gasteiger partial charge in [-0.3, -0.25) is 4.79 Å². The molecule has 0 aliphatic carbocycles. The third-order valence-electron chi connectivity index (χ3n) is 2.50. The minimum atomic E-state index is -1.41. The second kappa shape index (κ2) is 26.7. The maximum absolute atomic E-state index is 10.7. The molecule has 10 nitrogen and oxygen atoms in total. The first-order valence-corrected chi connectivity index (χ1v) is 9.48. The number of aliphatic carboxylic acids is 1. The third kappa shape index (κ3) is 36.6. The third-order valence-corrected chi connectivity index (χ3v) is 2.50. The molecular weight excluding hydrogens is 407 g/mol. The van der Waals surface area contributed by atoms with Gasteiger partial charge in [-0.1, -0.05) is 20.3 Å². The van der Waals surface area contributed by atoms with Crippen molar-refractivity contribution in [3.05, 3.63) is 0 Å². The van der Waals surface area contributed by atoms with Gasteiger partial charge in [0.1, 0.15) is 12.2 Å². The molecule has 0 saturated heterocycles. The number of unbranched alkanes of at least 4 members (excludes halogenated alkanes) is 1. The van der Waals surface area contributed by atoms with E-state index in [9.17, 15) is 18.8 Å². The van der Waals surface area contributed by atoms with Crippen LogP contribution in [0.2, 0.25) is 0 Å². The van der Waals surface area contributed by atoms with Crippen molar-refractivity contribution >= 4 is 23.9 Å². The number of halogens is 1. The summed E-state index contributed by atoms with van der Waals surface area (Å²) in [5, 5.41) is 24.2. The van der Waals surface area contributed by atoms with E-state index in [0.717, 1.165) is 19.3 Å². The van der Waals surface area contributed by atoms with Crippen LogP contribution in [0.4, 0.5) is 4.39 Å². The number of carboxylic acids is 1. The van der Waals surface area contributed by atoms with Crippen LogP contribution in [-0.4, -0.2) is 78.4 Å². The number of hydrogen-bond donors (Lipinski definition) is 3. The summed E-state index contributed by atoms with van der Waals surface area (Å²) in [6.07, 6.45) is 1.52. The minimum absolute atomic E-state index is 0.0593. The van der Waals surface area contributed by atoms with E-state index < -0.39 is 36.8 Å². The summed E-state index contributed by atoms with van der Waals surface area (Å²) in [7, 11) is 1.23. The normalized spacial score (nSPS) is 10.8. The number of carbonyl (C=O) groups excluding carboxylic acids is 3. The molecule has 0 aromatic carbocycles. The van der Waals surface area contributed by atoms with Crippen molar-refractivity contribution in [2.75, 3.05) is 27.0 Å². The molecule has 0 aliphatic heterocycles. The number of rotatable bonds is 9. The highest BCUT2D eigenvalue weighted by Gasteiger charge is 2.07. The van der Waals surface area contributed by atoms with E-state index in [-0.39, 0.29) is 5.97 Å². The maximum Gasteiger partial charge on any atom is 0.335 e. The summed E-state index contributed by atoms with van der Waals surface area (Å²) in [6.45, 7) is 8.11. The summed E-state index contributed by atoms with van der Waals surface area (Å²) in [4.78, 5) is 40.0. The fraction of sp³-hybridized carbons (Fsp3) is 0.789. The Morgan fingerprint density at radius 1 is 0.900 bits per heavy atom. The topological polar surface area (TPSA) is 157 Å². The molecule has 0 saturated carbocycles. The number of ether oxygens (including phenoxy) is 3. The Hall–Kier alpha value is -2.27. The van der Waals surface area contributed by atoms with Gasteiger partial charge >= 0.3 is 23.9 Å². The van der Waals surface area contributed by atoms with E-state index >= 15 is 0 Å². The number of alkyl halides is 1. The van der Waals surface area contributed by atoms with Crippen LogP contribution in [0.15, 0.2) is 0 Å². The van der Waals surface area contributed by atoms with Crippen molar-refractivity contribution in [2.24, 2.45) is 0 Å². The lowest BCUT2D eigenvalue weighted by Gasteiger charge is -2.01. The molecule has 0 amide bonds. The molecule has 0 bridgehead atoms. The van der Waals surface area contributed by atoms with E-state index in [4.69, 9.17) is 24.9 Å². The lowest BCUT2D eigenvalue weighted by molar-refractivity contribution is -0.152. The van der Waals surface area contributed by atoms with Crippen LogP contribution in [0, 0.1) is 0 Å². The van der Waals surface area contributed by atoms with Crippen LogP contribution in [0.25, 0.3) is 0 Å². The Bertz CT molecular complexity index is 439. The van der Waals surface area contributed by atoms with Gasteiger partial charge in [0.15, 0.2) is 6.67 Å². The molecule has 2 atom stereocenters. The van der Waals surface area contributed by atoms with Gasteiger partial charge in [-0.15, -0.1) is 0 Å². The highest BCUT2D eigenvalue weighted by Crippen LogP contribution is 1.93. The molecule has 0 heterocycles. The number of methoxy groups -OCH3 is 1. The Morgan fingerprint density at radius 3 is 1.57 bits per heavy atom. The van der Waals surface area contributed by atoms with Gasteiger partial charge < -0.3 is 29.5 Å². The first-order chi connectivity index (χ1) is 13.9. The predicted molar refractivity (Wildman–Crippen MR) is 106 cm³/mol. The van der Waals surface area contributed by atoms with Crippen molar-refractivity contribution in [1.29, 1.82) is 0 Å². The minimum Gasteiger partial charge on any atom is -0.479 e. The van der Waals surface area contributed by atoms with Gasteiger partial charge in [0.25, 0.3) is 0 Å². The van der Waals surface area contributed by atoms with E-state index in [1.807, 2.05) is 6.92 Å². The van der Waals surface area contributed by atoms with E-state index in [1.54, 1.807) is 6.92 Å². The van der Waals surface area contributed by atoms with Crippen molar-refractivity contribution in [1.82, 2.24) is 0 Å². The van der Waals surface area contributed by atoms with Gasteiger partial charge in [0.05, 0.1) is 20.3 Å². The Morgan fingerprint density at radius 2 is 1.37 bits per heavy atom. The molecule has 0 fully saturated rings. The average molecular weight is 444 g/mol. The molecule has 0 aromatic rings. The van der Waals surface area contributed by atoms with E-state index in [2.05, 4.69) is 16.4 Å². The number of hydrogen-bond acceptors (Lipinski definition) is 9. The lowest BCUT2D eigenvalue weighted by Crippen LogP contribution is -2.18. The molecule has 0 aliphatic rings. The number of aliphatic hydroxyl groups excluding tert-OH is 2. The molecule has 30 heavy (non-hydrogen) atoms. The number of esters is 3. The summed E-state index contributed by atoms with van der Waals surface area (Å²) >= 11 is 0. The molecule has 0 spiro atoms. The van der Waals surface area contributed by atoms with Crippen LogP contribution in [-0.2, 0) is 33.4 Å². The highest BCUT2D eigenvalue weighted by molar-refractivity contribution is 5.74. The molecule has 0 aromatic heterocycles. The molecule has 11 heteroatoms.